The normalized spacial score (nSPS) is 19.1. The molecule has 202 valence electrons. The first-order chi connectivity index (χ1) is 18.4. The van der Waals surface area contributed by atoms with E-state index in [0.29, 0.717) is 75.8 Å². The number of hydrogen-bond acceptors (Lipinski definition) is 9. The Hall–Kier alpha value is -3.57. The number of aromatic nitrogens is 1. The molecular weight excluding hydrogens is 512 g/mol. The second-order valence-electron chi connectivity index (χ2n) is 9.59. The number of rotatable bonds is 6. The molecule has 2 saturated heterocycles. The van der Waals surface area contributed by atoms with Gasteiger partial charge in [0.25, 0.3) is 5.91 Å². The van der Waals surface area contributed by atoms with Crippen molar-refractivity contribution in [3.05, 3.63) is 53.2 Å². The van der Waals surface area contributed by atoms with E-state index in [1.165, 1.54) is 0 Å². The van der Waals surface area contributed by atoms with Crippen molar-refractivity contribution in [1.29, 1.82) is 0 Å². The SMILES string of the molecule is COc1ccc(CNC(=O)ON2CCC3(CC2)CC(C(=O)N2CCN(c4ncccc4Cl)CC2)=NO3)cc1. The van der Waals surface area contributed by atoms with Gasteiger partial charge in [0.05, 0.1) is 12.1 Å². The summed E-state index contributed by atoms with van der Waals surface area (Å²) in [6, 6.07) is 11.1. The van der Waals surface area contributed by atoms with Crippen molar-refractivity contribution in [2.45, 2.75) is 31.4 Å². The highest BCUT2D eigenvalue weighted by molar-refractivity contribution is 6.39. The molecule has 1 N–H and O–H groups in total. The minimum atomic E-state index is -0.534. The summed E-state index contributed by atoms with van der Waals surface area (Å²) in [6.07, 6.45) is 2.86. The van der Waals surface area contributed by atoms with Crippen LogP contribution in [0, 0.1) is 0 Å². The maximum absolute atomic E-state index is 13.1. The number of benzene rings is 1. The number of halogens is 1. The van der Waals surface area contributed by atoms with Gasteiger partial charge in [-0.2, -0.15) is 0 Å². The largest absolute Gasteiger partial charge is 0.497 e. The van der Waals surface area contributed by atoms with Gasteiger partial charge in [-0.3, -0.25) is 4.79 Å². The highest BCUT2D eigenvalue weighted by Crippen LogP contribution is 2.35. The Kier molecular flexibility index (Phi) is 7.85. The van der Waals surface area contributed by atoms with Crippen LogP contribution in [0.1, 0.15) is 24.8 Å². The fourth-order valence-electron chi connectivity index (χ4n) is 4.87. The molecule has 3 aliphatic heterocycles. The zero-order valence-electron chi connectivity index (χ0n) is 21.3. The van der Waals surface area contributed by atoms with Gasteiger partial charge in [-0.1, -0.05) is 28.9 Å². The van der Waals surface area contributed by atoms with Gasteiger partial charge in [0.2, 0.25) is 0 Å². The lowest BCUT2D eigenvalue weighted by molar-refractivity contribution is -0.157. The molecule has 0 saturated carbocycles. The van der Waals surface area contributed by atoms with Crippen LogP contribution in [0.15, 0.2) is 47.8 Å². The molecule has 0 aliphatic carbocycles. The number of amides is 2. The molecule has 1 spiro atoms. The molecule has 0 radical (unpaired) electrons. The van der Waals surface area contributed by atoms with Crippen LogP contribution in [0.5, 0.6) is 5.75 Å². The lowest BCUT2D eigenvalue weighted by atomic mass is 9.87. The standard InChI is InChI=1S/C26H31ClN6O5/c1-36-20-6-4-19(5-7-20)18-29-25(35)37-33-11-8-26(9-12-33)17-22(30-38-26)24(34)32-15-13-31(14-16-32)23-21(27)3-2-10-28-23/h2-7,10H,8-9,11-18H2,1H3,(H,29,35). The Balaban J connectivity index is 1.04. The van der Waals surface area contributed by atoms with E-state index in [-0.39, 0.29) is 5.91 Å². The minimum absolute atomic E-state index is 0.0924. The number of ether oxygens (including phenoxy) is 1. The van der Waals surface area contributed by atoms with Gasteiger partial charge in [-0.05, 0) is 29.8 Å². The highest BCUT2D eigenvalue weighted by atomic mass is 35.5. The number of anilines is 1. The number of piperidine rings is 1. The molecule has 2 aromatic rings. The summed E-state index contributed by atoms with van der Waals surface area (Å²) in [5.74, 6) is 1.41. The van der Waals surface area contributed by atoms with Gasteiger partial charge in [0, 0.05) is 71.3 Å². The van der Waals surface area contributed by atoms with Crippen LogP contribution in [0.4, 0.5) is 10.6 Å². The van der Waals surface area contributed by atoms with Crippen LogP contribution in [0.25, 0.3) is 0 Å². The van der Waals surface area contributed by atoms with Crippen LogP contribution in [0.2, 0.25) is 5.02 Å². The molecule has 1 aromatic carbocycles. The zero-order chi connectivity index (χ0) is 26.5. The molecule has 1 aromatic heterocycles. The summed E-state index contributed by atoms with van der Waals surface area (Å²) in [5.41, 5.74) is 0.852. The number of nitrogens with zero attached hydrogens (tertiary/aromatic N) is 5. The number of nitrogens with one attached hydrogen (secondary N) is 1. The minimum Gasteiger partial charge on any atom is -0.497 e. The van der Waals surface area contributed by atoms with Crippen molar-refractivity contribution < 1.29 is 24.0 Å². The average Bonchev–Trinajstić information content (AvgIpc) is 3.37. The number of hydroxylamine groups is 2. The van der Waals surface area contributed by atoms with Crippen LogP contribution in [0.3, 0.4) is 0 Å². The van der Waals surface area contributed by atoms with Gasteiger partial charge in [0.15, 0.2) is 0 Å². The van der Waals surface area contributed by atoms with Crippen molar-refractivity contribution in [2.24, 2.45) is 5.16 Å². The molecule has 2 fully saturated rings. The molecule has 38 heavy (non-hydrogen) atoms. The predicted molar refractivity (Wildman–Crippen MR) is 141 cm³/mol. The van der Waals surface area contributed by atoms with E-state index in [4.69, 9.17) is 26.0 Å². The molecule has 0 atom stereocenters. The molecular formula is C26H31ClN6O5. The molecule has 4 heterocycles. The third-order valence-electron chi connectivity index (χ3n) is 7.13. The number of carbonyl (C=O) groups excluding carboxylic acids is 2. The fourth-order valence-corrected chi connectivity index (χ4v) is 5.11. The van der Waals surface area contributed by atoms with Crippen molar-refractivity contribution in [2.75, 3.05) is 51.3 Å². The first-order valence-corrected chi connectivity index (χ1v) is 13.1. The number of oxime groups is 1. The Morgan fingerprint density at radius 2 is 1.82 bits per heavy atom. The van der Waals surface area contributed by atoms with Crippen molar-refractivity contribution >= 4 is 35.1 Å². The summed E-state index contributed by atoms with van der Waals surface area (Å²) in [4.78, 5) is 44.9. The smallest absolute Gasteiger partial charge is 0.426 e. The second-order valence-corrected chi connectivity index (χ2v) is 9.99. The number of piperazine rings is 1. The molecule has 5 rings (SSSR count). The van der Waals surface area contributed by atoms with Gasteiger partial charge in [-0.15, -0.1) is 5.06 Å². The topological polar surface area (TPSA) is 109 Å². The van der Waals surface area contributed by atoms with Gasteiger partial charge >= 0.3 is 6.09 Å². The van der Waals surface area contributed by atoms with Crippen molar-refractivity contribution in [3.8, 4) is 5.75 Å². The van der Waals surface area contributed by atoms with Gasteiger partial charge in [0.1, 0.15) is 22.9 Å². The van der Waals surface area contributed by atoms with E-state index in [0.717, 1.165) is 17.1 Å². The number of methoxy groups -OCH3 is 1. The molecule has 0 unspecified atom stereocenters. The molecule has 0 bridgehead atoms. The van der Waals surface area contributed by atoms with Crippen LogP contribution in [-0.4, -0.2) is 84.6 Å². The number of carbonyl (C=O) groups is 2. The molecule has 3 aliphatic rings. The third kappa shape index (κ3) is 5.94. The van der Waals surface area contributed by atoms with Crippen molar-refractivity contribution in [1.82, 2.24) is 20.3 Å². The van der Waals surface area contributed by atoms with Crippen molar-refractivity contribution in [3.63, 3.8) is 0 Å². The van der Waals surface area contributed by atoms with E-state index < -0.39 is 11.7 Å². The van der Waals surface area contributed by atoms with Crippen LogP contribution < -0.4 is 15.0 Å². The quantitative estimate of drug-likeness (QED) is 0.593. The van der Waals surface area contributed by atoms with E-state index >= 15 is 0 Å². The third-order valence-corrected chi connectivity index (χ3v) is 7.43. The Labute approximate surface area is 226 Å². The van der Waals surface area contributed by atoms with E-state index in [1.807, 2.05) is 30.3 Å². The monoisotopic (exact) mass is 542 g/mol. The predicted octanol–water partition coefficient (Wildman–Crippen LogP) is 2.84. The molecule has 11 nitrogen and oxygen atoms in total. The van der Waals surface area contributed by atoms with Gasteiger partial charge in [-0.25, -0.2) is 9.78 Å². The first kappa shape index (κ1) is 26.1. The fraction of sp³-hybridized carbons (Fsp3) is 0.462. The maximum atomic E-state index is 13.1. The summed E-state index contributed by atoms with van der Waals surface area (Å²) in [7, 11) is 1.61. The average molecular weight is 543 g/mol. The maximum Gasteiger partial charge on any atom is 0.426 e. The van der Waals surface area contributed by atoms with E-state index in [1.54, 1.807) is 29.3 Å². The van der Waals surface area contributed by atoms with E-state index in [9.17, 15) is 9.59 Å². The summed E-state index contributed by atoms with van der Waals surface area (Å²) in [6.45, 7) is 3.76. The number of hydrogen-bond donors (Lipinski definition) is 1. The summed E-state index contributed by atoms with van der Waals surface area (Å²) < 4.78 is 5.14. The zero-order valence-corrected chi connectivity index (χ0v) is 22.0. The first-order valence-electron chi connectivity index (χ1n) is 12.7. The highest BCUT2D eigenvalue weighted by Gasteiger charge is 2.45. The Morgan fingerprint density at radius 3 is 2.50 bits per heavy atom. The lowest BCUT2D eigenvalue weighted by Crippen LogP contribution is -2.51. The van der Waals surface area contributed by atoms with Gasteiger partial charge < -0.3 is 29.5 Å². The lowest BCUT2D eigenvalue weighted by Gasteiger charge is -2.36. The Morgan fingerprint density at radius 1 is 1.08 bits per heavy atom. The second kappa shape index (κ2) is 11.4. The summed E-state index contributed by atoms with van der Waals surface area (Å²) in [5, 5.41) is 9.16. The molecule has 2 amide bonds. The molecule has 12 heteroatoms. The van der Waals surface area contributed by atoms with Crippen LogP contribution >= 0.6 is 11.6 Å². The summed E-state index contributed by atoms with van der Waals surface area (Å²) >= 11 is 6.27. The Bertz CT molecular complexity index is 1180. The van der Waals surface area contributed by atoms with E-state index in [2.05, 4.69) is 20.4 Å². The van der Waals surface area contributed by atoms with Crippen LogP contribution in [-0.2, 0) is 21.0 Å². The number of pyridine rings is 1.